The van der Waals surface area contributed by atoms with Crippen molar-refractivity contribution in [3.05, 3.63) is 59.0 Å². The maximum Gasteiger partial charge on any atom is 0.272 e. The highest BCUT2D eigenvalue weighted by Gasteiger charge is 2.31. The first-order valence-corrected chi connectivity index (χ1v) is 9.42. The van der Waals surface area contributed by atoms with Gasteiger partial charge in [-0.3, -0.25) is 14.9 Å². The Labute approximate surface area is 158 Å². The van der Waals surface area contributed by atoms with Gasteiger partial charge in [0.1, 0.15) is 0 Å². The number of benzene rings is 1. The third kappa shape index (κ3) is 3.45. The number of para-hydroxylation sites is 1. The SMILES string of the molecule is CCc1[nH]nc(C(=O)N[C@@H]2COC[C@H]2Cc2ccnc3ccccc23)c1C. The Balaban J connectivity index is 1.50. The Kier molecular flexibility index (Phi) is 4.90. The maximum atomic E-state index is 12.7. The van der Waals surface area contributed by atoms with Gasteiger partial charge in [-0.1, -0.05) is 25.1 Å². The number of aromatic amines is 1. The third-order valence-corrected chi connectivity index (χ3v) is 5.42. The lowest BCUT2D eigenvalue weighted by Crippen LogP contribution is -2.41. The summed E-state index contributed by atoms with van der Waals surface area (Å²) in [6.45, 7) is 5.15. The van der Waals surface area contributed by atoms with Gasteiger partial charge >= 0.3 is 0 Å². The van der Waals surface area contributed by atoms with Gasteiger partial charge in [-0.2, -0.15) is 5.10 Å². The number of rotatable bonds is 5. The van der Waals surface area contributed by atoms with Crippen LogP contribution in [0.2, 0.25) is 0 Å². The predicted octanol–water partition coefficient (Wildman–Crippen LogP) is 2.82. The number of aromatic nitrogens is 3. The van der Waals surface area contributed by atoms with Crippen LogP contribution < -0.4 is 5.32 Å². The molecule has 2 atom stereocenters. The average molecular weight is 364 g/mol. The summed E-state index contributed by atoms with van der Waals surface area (Å²) in [5.41, 5.74) is 4.63. The number of pyridine rings is 1. The Morgan fingerprint density at radius 3 is 2.96 bits per heavy atom. The minimum atomic E-state index is -0.136. The number of nitrogens with zero attached hydrogens (tertiary/aromatic N) is 2. The van der Waals surface area contributed by atoms with Crippen LogP contribution in [0.15, 0.2) is 36.5 Å². The van der Waals surface area contributed by atoms with Crippen molar-refractivity contribution in [2.75, 3.05) is 13.2 Å². The summed E-state index contributed by atoms with van der Waals surface area (Å²) in [4.78, 5) is 17.1. The molecule has 2 N–H and O–H groups in total. The molecule has 1 aliphatic heterocycles. The Morgan fingerprint density at radius 2 is 2.15 bits per heavy atom. The van der Waals surface area contributed by atoms with E-state index in [2.05, 4.69) is 32.6 Å². The minimum absolute atomic E-state index is 0.0226. The van der Waals surface area contributed by atoms with Gasteiger partial charge in [0.15, 0.2) is 5.69 Å². The lowest BCUT2D eigenvalue weighted by Gasteiger charge is -2.19. The molecule has 6 heteroatoms. The molecule has 0 unspecified atom stereocenters. The van der Waals surface area contributed by atoms with Crippen LogP contribution in [0.4, 0.5) is 0 Å². The highest BCUT2D eigenvalue weighted by atomic mass is 16.5. The summed E-state index contributed by atoms with van der Waals surface area (Å²) in [7, 11) is 0. The molecule has 0 aliphatic carbocycles. The smallest absolute Gasteiger partial charge is 0.272 e. The van der Waals surface area contributed by atoms with E-state index in [1.54, 1.807) is 0 Å². The van der Waals surface area contributed by atoms with Crippen LogP contribution in [0.25, 0.3) is 10.9 Å². The molecule has 0 spiro atoms. The molecule has 4 rings (SSSR count). The van der Waals surface area contributed by atoms with Crippen LogP contribution in [0, 0.1) is 12.8 Å². The number of aryl methyl sites for hydroxylation is 1. The first-order chi connectivity index (χ1) is 13.2. The standard InChI is InChI=1S/C21H24N4O2/c1-3-17-13(2)20(25-24-17)21(26)23-19-12-27-11-15(19)10-14-8-9-22-18-7-5-4-6-16(14)18/h4-9,15,19H,3,10-12H2,1-2H3,(H,23,26)(H,24,25)/t15-,19-/m1/s1. The van der Waals surface area contributed by atoms with E-state index in [0.717, 1.165) is 35.0 Å². The van der Waals surface area contributed by atoms with E-state index < -0.39 is 0 Å². The number of nitrogens with one attached hydrogen (secondary N) is 2. The van der Waals surface area contributed by atoms with E-state index in [-0.39, 0.29) is 17.9 Å². The predicted molar refractivity (Wildman–Crippen MR) is 104 cm³/mol. The zero-order valence-electron chi connectivity index (χ0n) is 15.7. The number of hydrogen-bond donors (Lipinski definition) is 2. The summed E-state index contributed by atoms with van der Waals surface area (Å²) in [6.07, 6.45) is 3.52. The van der Waals surface area contributed by atoms with Crippen LogP contribution in [-0.2, 0) is 17.6 Å². The molecule has 1 fully saturated rings. The van der Waals surface area contributed by atoms with Crippen LogP contribution in [0.1, 0.15) is 34.2 Å². The molecule has 1 aliphatic rings. The van der Waals surface area contributed by atoms with E-state index in [9.17, 15) is 4.79 Å². The highest BCUT2D eigenvalue weighted by Crippen LogP contribution is 2.24. The van der Waals surface area contributed by atoms with Crippen molar-refractivity contribution in [2.45, 2.75) is 32.7 Å². The van der Waals surface area contributed by atoms with Crippen molar-refractivity contribution in [1.29, 1.82) is 0 Å². The molecule has 2 aromatic heterocycles. The van der Waals surface area contributed by atoms with Gasteiger partial charge in [-0.25, -0.2) is 0 Å². The summed E-state index contributed by atoms with van der Waals surface area (Å²) in [5.74, 6) is 0.0909. The maximum absolute atomic E-state index is 12.7. The van der Waals surface area contributed by atoms with Crippen LogP contribution in [0.5, 0.6) is 0 Å². The topological polar surface area (TPSA) is 79.9 Å². The normalized spacial score (nSPS) is 19.5. The Hall–Kier alpha value is -2.73. The zero-order valence-corrected chi connectivity index (χ0v) is 15.7. The van der Waals surface area contributed by atoms with Gasteiger partial charge in [-0.05, 0) is 37.5 Å². The Morgan fingerprint density at radius 1 is 1.30 bits per heavy atom. The molecule has 140 valence electrons. The van der Waals surface area contributed by atoms with Crippen LogP contribution in [0.3, 0.4) is 0 Å². The molecular weight excluding hydrogens is 340 g/mol. The van der Waals surface area contributed by atoms with Crippen LogP contribution >= 0.6 is 0 Å². The molecule has 0 radical (unpaired) electrons. The molecule has 1 aromatic carbocycles. The molecule has 27 heavy (non-hydrogen) atoms. The second kappa shape index (κ2) is 7.48. The zero-order chi connectivity index (χ0) is 18.8. The quantitative estimate of drug-likeness (QED) is 0.730. The van der Waals surface area contributed by atoms with Crippen molar-refractivity contribution < 1.29 is 9.53 Å². The Bertz CT molecular complexity index is 960. The van der Waals surface area contributed by atoms with E-state index in [0.29, 0.717) is 18.9 Å². The number of H-pyrrole nitrogens is 1. The fraction of sp³-hybridized carbons (Fsp3) is 0.381. The van der Waals surface area contributed by atoms with Gasteiger partial charge in [0.05, 0.1) is 24.8 Å². The number of hydrogen-bond acceptors (Lipinski definition) is 4. The monoisotopic (exact) mass is 364 g/mol. The molecule has 1 saturated heterocycles. The van der Waals surface area contributed by atoms with Gasteiger partial charge in [0.2, 0.25) is 0 Å². The van der Waals surface area contributed by atoms with E-state index in [4.69, 9.17) is 4.74 Å². The van der Waals surface area contributed by atoms with Crippen molar-refractivity contribution in [3.63, 3.8) is 0 Å². The van der Waals surface area contributed by atoms with Crippen molar-refractivity contribution in [2.24, 2.45) is 5.92 Å². The van der Waals surface area contributed by atoms with Crippen LogP contribution in [-0.4, -0.2) is 40.3 Å². The highest BCUT2D eigenvalue weighted by molar-refractivity contribution is 5.94. The largest absolute Gasteiger partial charge is 0.379 e. The number of carbonyl (C=O) groups is 1. The van der Waals surface area contributed by atoms with Crippen molar-refractivity contribution in [3.8, 4) is 0 Å². The minimum Gasteiger partial charge on any atom is -0.379 e. The van der Waals surface area contributed by atoms with E-state index in [1.807, 2.05) is 38.2 Å². The molecule has 0 saturated carbocycles. The summed E-state index contributed by atoms with van der Waals surface area (Å²) >= 11 is 0. The van der Waals surface area contributed by atoms with Gasteiger partial charge < -0.3 is 10.1 Å². The van der Waals surface area contributed by atoms with Gasteiger partial charge in [0.25, 0.3) is 5.91 Å². The van der Waals surface area contributed by atoms with Crippen molar-refractivity contribution in [1.82, 2.24) is 20.5 Å². The lowest BCUT2D eigenvalue weighted by molar-refractivity contribution is 0.0919. The molecule has 3 aromatic rings. The molecule has 1 amide bonds. The van der Waals surface area contributed by atoms with Gasteiger partial charge in [-0.15, -0.1) is 0 Å². The second-order valence-electron chi connectivity index (χ2n) is 7.10. The summed E-state index contributed by atoms with van der Waals surface area (Å²) < 4.78 is 5.69. The second-order valence-corrected chi connectivity index (χ2v) is 7.10. The first-order valence-electron chi connectivity index (χ1n) is 9.42. The van der Waals surface area contributed by atoms with E-state index >= 15 is 0 Å². The van der Waals surface area contributed by atoms with Crippen molar-refractivity contribution >= 4 is 16.8 Å². The third-order valence-electron chi connectivity index (χ3n) is 5.42. The average Bonchev–Trinajstić information content (AvgIpc) is 3.28. The molecule has 0 bridgehead atoms. The summed E-state index contributed by atoms with van der Waals surface area (Å²) in [6, 6.07) is 10.2. The molecule has 6 nitrogen and oxygen atoms in total. The first kappa shape index (κ1) is 17.7. The number of ether oxygens (including phenoxy) is 1. The lowest BCUT2D eigenvalue weighted by atomic mass is 9.93. The fourth-order valence-electron chi connectivity index (χ4n) is 3.81. The number of carbonyl (C=O) groups excluding carboxylic acids is 1. The summed E-state index contributed by atoms with van der Waals surface area (Å²) in [5, 5.41) is 11.4. The van der Waals surface area contributed by atoms with E-state index in [1.165, 1.54) is 5.56 Å². The molecular formula is C21H24N4O2. The number of fused-ring (bicyclic) bond motifs is 1. The molecule has 3 heterocycles. The number of amides is 1. The van der Waals surface area contributed by atoms with Gasteiger partial charge in [0, 0.05) is 28.8 Å². The fourth-order valence-corrected chi connectivity index (χ4v) is 3.81.